The highest BCUT2D eigenvalue weighted by Crippen LogP contribution is 2.21. The quantitative estimate of drug-likeness (QED) is 0.254. The summed E-state index contributed by atoms with van der Waals surface area (Å²) in [5.74, 6) is -0.0748. The minimum Gasteiger partial charge on any atom is -0.423 e. The number of rotatable bonds is 5. The van der Waals surface area contributed by atoms with Gasteiger partial charge in [0.2, 0.25) is 5.91 Å². The zero-order valence-electron chi connectivity index (χ0n) is 16.0. The van der Waals surface area contributed by atoms with Crippen molar-refractivity contribution in [2.45, 2.75) is 6.92 Å². The van der Waals surface area contributed by atoms with Crippen LogP contribution in [-0.2, 0) is 9.59 Å². The first-order valence-corrected chi connectivity index (χ1v) is 9.17. The summed E-state index contributed by atoms with van der Waals surface area (Å²) < 4.78 is 5.27. The van der Waals surface area contributed by atoms with E-state index in [0.717, 1.165) is 18.8 Å². The highest BCUT2D eigenvalue weighted by molar-refractivity contribution is 5.88. The van der Waals surface area contributed by atoms with Crippen LogP contribution in [0.2, 0.25) is 0 Å². The molecular weight excluding hydrogens is 374 g/mol. The van der Waals surface area contributed by atoms with E-state index in [1.807, 2.05) is 17.0 Å². The van der Waals surface area contributed by atoms with Crippen molar-refractivity contribution >= 4 is 29.3 Å². The molecule has 0 saturated carbocycles. The van der Waals surface area contributed by atoms with Crippen molar-refractivity contribution in [2.75, 3.05) is 31.1 Å². The van der Waals surface area contributed by atoms with Crippen molar-refractivity contribution in [3.63, 3.8) is 0 Å². The molecular formula is C21H21N3O5. The van der Waals surface area contributed by atoms with Crippen molar-refractivity contribution in [1.29, 1.82) is 0 Å². The number of nitrogens with zero attached hydrogens (tertiary/aromatic N) is 3. The number of hydrogen-bond donors (Lipinski definition) is 0. The lowest BCUT2D eigenvalue weighted by Crippen LogP contribution is -2.48. The van der Waals surface area contributed by atoms with Crippen molar-refractivity contribution in [3.05, 3.63) is 70.3 Å². The van der Waals surface area contributed by atoms with Crippen LogP contribution >= 0.6 is 0 Å². The number of nitro benzene ring substituents is 1. The fourth-order valence-electron chi connectivity index (χ4n) is 3.06. The number of piperazine rings is 1. The van der Waals surface area contributed by atoms with Crippen LogP contribution in [-0.4, -0.2) is 47.9 Å². The zero-order chi connectivity index (χ0) is 20.8. The van der Waals surface area contributed by atoms with Gasteiger partial charge in [-0.25, -0.2) is 4.79 Å². The van der Waals surface area contributed by atoms with E-state index in [-0.39, 0.29) is 11.6 Å². The minimum atomic E-state index is -0.570. The average Bonchev–Trinajstić information content (AvgIpc) is 2.73. The molecule has 0 bridgehead atoms. The number of non-ortho nitro benzene ring substituents is 1. The Hall–Kier alpha value is -3.68. The van der Waals surface area contributed by atoms with E-state index >= 15 is 0 Å². The molecule has 2 aromatic rings. The Balaban J connectivity index is 1.55. The van der Waals surface area contributed by atoms with Gasteiger partial charge in [0.05, 0.1) is 4.92 Å². The van der Waals surface area contributed by atoms with Crippen LogP contribution in [0.3, 0.4) is 0 Å². The first-order chi connectivity index (χ1) is 13.9. The van der Waals surface area contributed by atoms with Crippen LogP contribution < -0.4 is 9.64 Å². The number of nitro groups is 1. The first kappa shape index (κ1) is 20.1. The molecule has 1 amide bonds. The zero-order valence-corrected chi connectivity index (χ0v) is 16.0. The fraction of sp³-hybridized carbons (Fsp3) is 0.238. The van der Waals surface area contributed by atoms with Crippen LogP contribution in [0, 0.1) is 10.1 Å². The number of amides is 1. The smallest absolute Gasteiger partial charge is 0.336 e. The van der Waals surface area contributed by atoms with Crippen LogP contribution in [0.5, 0.6) is 5.75 Å². The molecule has 1 heterocycles. The number of esters is 1. The molecule has 0 N–H and O–H groups in total. The highest BCUT2D eigenvalue weighted by atomic mass is 16.6. The van der Waals surface area contributed by atoms with E-state index in [2.05, 4.69) is 4.90 Å². The van der Waals surface area contributed by atoms with Crippen LogP contribution in [0.4, 0.5) is 11.4 Å². The number of anilines is 1. The standard InChI is InChI=1S/C21H21N3O5/c1-16(25)22-11-13-23(14-12-22)18-6-8-20(9-7-18)29-21(26)10-5-17-3-2-4-19(15-17)24(27)28/h2-10,15H,11-14H2,1H3/b10-5+. The van der Waals surface area contributed by atoms with E-state index in [1.54, 1.807) is 31.2 Å². The molecule has 1 aliphatic rings. The first-order valence-electron chi connectivity index (χ1n) is 9.17. The van der Waals surface area contributed by atoms with Gasteiger partial charge in [0.25, 0.3) is 5.69 Å². The molecule has 8 nitrogen and oxygen atoms in total. The van der Waals surface area contributed by atoms with Gasteiger partial charge in [-0.3, -0.25) is 14.9 Å². The second-order valence-corrected chi connectivity index (χ2v) is 6.59. The van der Waals surface area contributed by atoms with Gasteiger partial charge < -0.3 is 14.5 Å². The second-order valence-electron chi connectivity index (χ2n) is 6.59. The molecule has 1 aliphatic heterocycles. The number of benzene rings is 2. The molecule has 0 aliphatic carbocycles. The van der Waals surface area contributed by atoms with Gasteiger partial charge in [0.1, 0.15) is 5.75 Å². The predicted octanol–water partition coefficient (Wildman–Crippen LogP) is 2.88. The molecule has 0 radical (unpaired) electrons. The van der Waals surface area contributed by atoms with E-state index in [0.29, 0.717) is 24.4 Å². The van der Waals surface area contributed by atoms with Crippen molar-refractivity contribution in [3.8, 4) is 5.75 Å². The third kappa shape index (κ3) is 5.41. The molecule has 29 heavy (non-hydrogen) atoms. The minimum absolute atomic E-state index is 0.0414. The molecule has 150 valence electrons. The summed E-state index contributed by atoms with van der Waals surface area (Å²) >= 11 is 0. The Morgan fingerprint density at radius 3 is 2.38 bits per heavy atom. The maximum Gasteiger partial charge on any atom is 0.336 e. The van der Waals surface area contributed by atoms with Crippen LogP contribution in [0.25, 0.3) is 6.08 Å². The maximum atomic E-state index is 12.0. The maximum absolute atomic E-state index is 12.0. The summed E-state index contributed by atoms with van der Waals surface area (Å²) in [6.07, 6.45) is 2.70. The molecule has 3 rings (SSSR count). The van der Waals surface area contributed by atoms with Gasteiger partial charge in [-0.2, -0.15) is 0 Å². The lowest BCUT2D eigenvalue weighted by molar-refractivity contribution is -0.384. The van der Waals surface area contributed by atoms with Gasteiger partial charge in [-0.05, 0) is 35.9 Å². The van der Waals surface area contributed by atoms with Crippen molar-refractivity contribution in [2.24, 2.45) is 0 Å². The van der Waals surface area contributed by atoms with Crippen molar-refractivity contribution in [1.82, 2.24) is 4.90 Å². The van der Waals surface area contributed by atoms with E-state index in [4.69, 9.17) is 4.74 Å². The summed E-state index contributed by atoms with van der Waals surface area (Å²) in [7, 11) is 0. The average molecular weight is 395 g/mol. The molecule has 0 atom stereocenters. The normalized spacial score (nSPS) is 14.1. The fourth-order valence-corrected chi connectivity index (χ4v) is 3.06. The Morgan fingerprint density at radius 2 is 1.76 bits per heavy atom. The summed E-state index contributed by atoms with van der Waals surface area (Å²) in [5, 5.41) is 10.8. The molecule has 0 spiro atoms. The lowest BCUT2D eigenvalue weighted by Gasteiger charge is -2.35. The Morgan fingerprint density at radius 1 is 1.07 bits per heavy atom. The van der Waals surface area contributed by atoms with Gasteiger partial charge in [0.15, 0.2) is 0 Å². The van der Waals surface area contributed by atoms with E-state index < -0.39 is 10.9 Å². The van der Waals surface area contributed by atoms with Crippen LogP contribution in [0.1, 0.15) is 12.5 Å². The molecule has 1 fully saturated rings. The van der Waals surface area contributed by atoms with Gasteiger partial charge in [-0.1, -0.05) is 12.1 Å². The topological polar surface area (TPSA) is 93.0 Å². The monoisotopic (exact) mass is 395 g/mol. The Kier molecular flexibility index (Phi) is 6.23. The molecule has 8 heteroatoms. The highest BCUT2D eigenvalue weighted by Gasteiger charge is 2.18. The SMILES string of the molecule is CC(=O)N1CCN(c2ccc(OC(=O)/C=C/c3cccc([N+](=O)[O-])c3)cc2)CC1. The largest absolute Gasteiger partial charge is 0.423 e. The summed E-state index contributed by atoms with van der Waals surface area (Å²) in [6, 6.07) is 13.2. The number of ether oxygens (including phenoxy) is 1. The molecule has 0 aromatic heterocycles. The second kappa shape index (κ2) is 9.01. The molecule has 2 aromatic carbocycles. The van der Waals surface area contributed by atoms with Crippen LogP contribution in [0.15, 0.2) is 54.6 Å². The Labute approximate surface area is 168 Å². The van der Waals surface area contributed by atoms with Crippen molar-refractivity contribution < 1.29 is 19.2 Å². The van der Waals surface area contributed by atoms with Gasteiger partial charge >= 0.3 is 5.97 Å². The van der Waals surface area contributed by atoms with E-state index in [1.165, 1.54) is 24.3 Å². The summed E-state index contributed by atoms with van der Waals surface area (Å²) in [6.45, 7) is 4.46. The lowest BCUT2D eigenvalue weighted by atomic mass is 10.2. The number of carbonyl (C=O) groups excluding carboxylic acids is 2. The summed E-state index contributed by atoms with van der Waals surface area (Å²) in [5.41, 5.74) is 1.50. The predicted molar refractivity (Wildman–Crippen MR) is 109 cm³/mol. The third-order valence-corrected chi connectivity index (χ3v) is 4.64. The molecule has 0 unspecified atom stereocenters. The number of carbonyl (C=O) groups is 2. The number of hydrogen-bond acceptors (Lipinski definition) is 6. The van der Waals surface area contributed by atoms with Gasteiger partial charge in [0, 0.05) is 57.0 Å². The van der Waals surface area contributed by atoms with E-state index in [9.17, 15) is 19.7 Å². The van der Waals surface area contributed by atoms with Gasteiger partial charge in [-0.15, -0.1) is 0 Å². The summed E-state index contributed by atoms with van der Waals surface area (Å²) in [4.78, 5) is 37.7. The third-order valence-electron chi connectivity index (χ3n) is 4.64. The molecule has 1 saturated heterocycles. The Bertz CT molecular complexity index is 932.